The third-order valence-corrected chi connectivity index (χ3v) is 3.16. The molecule has 0 saturated carbocycles. The summed E-state index contributed by atoms with van der Waals surface area (Å²) in [5, 5.41) is 0. The molecular weight excluding hydrogens is 200 g/mol. The lowest BCUT2D eigenvalue weighted by molar-refractivity contribution is 0.184. The summed E-state index contributed by atoms with van der Waals surface area (Å²) >= 11 is 0. The Bertz CT molecular complexity index is 352. The standard InChI is InChI=1S/C13H20N2O/c1-16-8-3-2-7-15-9-11-5-4-6-13(14)12(11)10-15/h4-6H,2-3,7-10,14H2,1H3. The molecule has 1 aromatic carbocycles. The van der Waals surface area contributed by atoms with Gasteiger partial charge in [-0.25, -0.2) is 0 Å². The fourth-order valence-corrected chi connectivity index (χ4v) is 2.26. The molecular formula is C13H20N2O. The van der Waals surface area contributed by atoms with Gasteiger partial charge in [-0.2, -0.15) is 0 Å². The van der Waals surface area contributed by atoms with Crippen molar-refractivity contribution < 1.29 is 4.74 Å². The van der Waals surface area contributed by atoms with Crippen molar-refractivity contribution in [3.63, 3.8) is 0 Å². The second kappa shape index (κ2) is 5.32. The molecule has 1 aliphatic rings. The highest BCUT2D eigenvalue weighted by molar-refractivity contribution is 5.52. The molecule has 0 saturated heterocycles. The van der Waals surface area contributed by atoms with Crippen LogP contribution in [0.2, 0.25) is 0 Å². The van der Waals surface area contributed by atoms with Crippen molar-refractivity contribution in [1.29, 1.82) is 0 Å². The Morgan fingerprint density at radius 1 is 1.31 bits per heavy atom. The van der Waals surface area contributed by atoms with Gasteiger partial charge < -0.3 is 10.5 Å². The zero-order valence-corrected chi connectivity index (χ0v) is 9.91. The Balaban J connectivity index is 1.84. The first kappa shape index (κ1) is 11.4. The van der Waals surface area contributed by atoms with Gasteiger partial charge in [-0.3, -0.25) is 4.90 Å². The quantitative estimate of drug-likeness (QED) is 0.609. The molecule has 16 heavy (non-hydrogen) atoms. The van der Waals surface area contributed by atoms with Crippen LogP contribution in [0.15, 0.2) is 18.2 Å². The number of nitrogens with two attached hydrogens (primary N) is 1. The minimum absolute atomic E-state index is 0.864. The van der Waals surface area contributed by atoms with Gasteiger partial charge in [0.25, 0.3) is 0 Å². The molecule has 0 radical (unpaired) electrons. The molecule has 2 N–H and O–H groups in total. The Morgan fingerprint density at radius 2 is 2.19 bits per heavy atom. The fourth-order valence-electron chi connectivity index (χ4n) is 2.26. The van der Waals surface area contributed by atoms with E-state index in [-0.39, 0.29) is 0 Å². The molecule has 88 valence electrons. The van der Waals surface area contributed by atoms with Gasteiger partial charge in [0, 0.05) is 32.5 Å². The average Bonchev–Trinajstić information content (AvgIpc) is 2.69. The number of hydrogen-bond acceptors (Lipinski definition) is 3. The molecule has 0 unspecified atom stereocenters. The molecule has 0 aliphatic carbocycles. The minimum Gasteiger partial charge on any atom is -0.398 e. The molecule has 0 aromatic heterocycles. The first-order valence-electron chi connectivity index (χ1n) is 5.89. The van der Waals surface area contributed by atoms with E-state index in [1.54, 1.807) is 7.11 Å². The number of rotatable bonds is 5. The monoisotopic (exact) mass is 220 g/mol. The molecule has 0 spiro atoms. The summed E-state index contributed by atoms with van der Waals surface area (Å²) in [6.07, 6.45) is 2.33. The third kappa shape index (κ3) is 2.54. The van der Waals surface area contributed by atoms with Crippen LogP contribution in [0, 0.1) is 0 Å². The number of nitrogens with zero attached hydrogens (tertiary/aromatic N) is 1. The molecule has 3 heteroatoms. The van der Waals surface area contributed by atoms with E-state index in [1.807, 2.05) is 12.1 Å². The van der Waals surface area contributed by atoms with E-state index >= 15 is 0 Å². The first-order chi connectivity index (χ1) is 7.81. The molecule has 0 bridgehead atoms. The summed E-state index contributed by atoms with van der Waals surface area (Å²) < 4.78 is 5.05. The zero-order chi connectivity index (χ0) is 11.4. The average molecular weight is 220 g/mol. The van der Waals surface area contributed by atoms with Crippen LogP contribution < -0.4 is 5.73 Å². The highest BCUT2D eigenvalue weighted by atomic mass is 16.5. The first-order valence-corrected chi connectivity index (χ1v) is 5.89. The van der Waals surface area contributed by atoms with Crippen molar-refractivity contribution in [2.24, 2.45) is 0 Å². The molecule has 0 atom stereocenters. The maximum atomic E-state index is 5.96. The van der Waals surface area contributed by atoms with Crippen LogP contribution in [-0.2, 0) is 17.8 Å². The summed E-state index contributed by atoms with van der Waals surface area (Å²) in [5.41, 5.74) is 9.63. The smallest absolute Gasteiger partial charge is 0.0462 e. The summed E-state index contributed by atoms with van der Waals surface area (Å²) in [5.74, 6) is 0. The van der Waals surface area contributed by atoms with Crippen LogP contribution in [0.4, 0.5) is 5.69 Å². The highest BCUT2D eigenvalue weighted by Gasteiger charge is 2.19. The largest absolute Gasteiger partial charge is 0.398 e. The van der Waals surface area contributed by atoms with E-state index < -0.39 is 0 Å². The number of fused-ring (bicyclic) bond motifs is 1. The molecule has 2 rings (SSSR count). The molecule has 0 fully saturated rings. The van der Waals surface area contributed by atoms with Crippen LogP contribution >= 0.6 is 0 Å². The topological polar surface area (TPSA) is 38.5 Å². The number of anilines is 1. The van der Waals surface area contributed by atoms with Gasteiger partial charge >= 0.3 is 0 Å². The van der Waals surface area contributed by atoms with Crippen LogP contribution in [0.5, 0.6) is 0 Å². The van der Waals surface area contributed by atoms with E-state index in [4.69, 9.17) is 10.5 Å². The van der Waals surface area contributed by atoms with Gasteiger partial charge in [0.1, 0.15) is 0 Å². The Kier molecular flexibility index (Phi) is 3.80. The summed E-state index contributed by atoms with van der Waals surface area (Å²) in [6, 6.07) is 6.22. The van der Waals surface area contributed by atoms with Gasteiger partial charge in [0.15, 0.2) is 0 Å². The van der Waals surface area contributed by atoms with Crippen molar-refractivity contribution in [1.82, 2.24) is 4.90 Å². The number of ether oxygens (including phenoxy) is 1. The lowest BCUT2D eigenvalue weighted by atomic mass is 10.1. The normalized spacial score (nSPS) is 15.3. The summed E-state index contributed by atoms with van der Waals surface area (Å²) in [4.78, 5) is 2.46. The second-order valence-electron chi connectivity index (χ2n) is 4.40. The SMILES string of the molecule is COCCCCN1Cc2cccc(N)c2C1. The van der Waals surface area contributed by atoms with Crippen LogP contribution in [0.25, 0.3) is 0 Å². The molecule has 1 aliphatic heterocycles. The van der Waals surface area contributed by atoms with Crippen LogP contribution in [0.3, 0.4) is 0 Å². The van der Waals surface area contributed by atoms with E-state index in [1.165, 1.54) is 17.5 Å². The van der Waals surface area contributed by atoms with Gasteiger partial charge in [-0.05, 0) is 36.6 Å². The summed E-state index contributed by atoms with van der Waals surface area (Å²) in [6.45, 7) is 4.06. The van der Waals surface area contributed by atoms with Gasteiger partial charge in [0.05, 0.1) is 0 Å². The van der Waals surface area contributed by atoms with E-state index in [9.17, 15) is 0 Å². The van der Waals surface area contributed by atoms with E-state index in [0.29, 0.717) is 0 Å². The summed E-state index contributed by atoms with van der Waals surface area (Å²) in [7, 11) is 1.76. The Hall–Kier alpha value is -1.06. The predicted octanol–water partition coefficient (Wildman–Crippen LogP) is 2.01. The molecule has 3 nitrogen and oxygen atoms in total. The van der Waals surface area contributed by atoms with Crippen molar-refractivity contribution in [3.8, 4) is 0 Å². The Morgan fingerprint density at radius 3 is 2.94 bits per heavy atom. The van der Waals surface area contributed by atoms with Crippen molar-refractivity contribution >= 4 is 5.69 Å². The number of nitrogen functional groups attached to an aromatic ring is 1. The van der Waals surface area contributed by atoms with Crippen LogP contribution in [0.1, 0.15) is 24.0 Å². The van der Waals surface area contributed by atoms with Gasteiger partial charge in [0.2, 0.25) is 0 Å². The van der Waals surface area contributed by atoms with Crippen LogP contribution in [-0.4, -0.2) is 25.2 Å². The highest BCUT2D eigenvalue weighted by Crippen LogP contribution is 2.27. The number of hydrogen-bond donors (Lipinski definition) is 1. The van der Waals surface area contributed by atoms with Gasteiger partial charge in [-0.1, -0.05) is 12.1 Å². The number of benzene rings is 1. The molecule has 1 aromatic rings. The molecule has 1 heterocycles. The predicted molar refractivity (Wildman–Crippen MR) is 66.1 cm³/mol. The lowest BCUT2D eigenvalue weighted by Crippen LogP contribution is -2.18. The maximum Gasteiger partial charge on any atom is 0.0462 e. The number of methoxy groups -OCH3 is 1. The minimum atomic E-state index is 0.864. The van der Waals surface area contributed by atoms with Gasteiger partial charge in [-0.15, -0.1) is 0 Å². The zero-order valence-electron chi connectivity index (χ0n) is 9.91. The molecule has 0 amide bonds. The fraction of sp³-hybridized carbons (Fsp3) is 0.538. The van der Waals surface area contributed by atoms with Crippen molar-refractivity contribution in [3.05, 3.63) is 29.3 Å². The lowest BCUT2D eigenvalue weighted by Gasteiger charge is -2.14. The van der Waals surface area contributed by atoms with E-state index in [0.717, 1.165) is 38.3 Å². The van der Waals surface area contributed by atoms with Crippen molar-refractivity contribution in [2.75, 3.05) is 26.0 Å². The number of unbranched alkanes of at least 4 members (excludes halogenated alkanes) is 1. The second-order valence-corrected chi connectivity index (χ2v) is 4.40. The van der Waals surface area contributed by atoms with E-state index in [2.05, 4.69) is 11.0 Å². The third-order valence-electron chi connectivity index (χ3n) is 3.16. The Labute approximate surface area is 97.2 Å². The van der Waals surface area contributed by atoms with Crippen molar-refractivity contribution in [2.45, 2.75) is 25.9 Å². The maximum absolute atomic E-state index is 5.96.